The molecule has 6 heteroatoms. The Labute approximate surface area is 140 Å². The Hall–Kier alpha value is -1.69. The highest BCUT2D eigenvalue weighted by Gasteiger charge is 2.28. The normalized spacial score (nSPS) is 18.4. The van der Waals surface area contributed by atoms with Crippen molar-refractivity contribution in [1.82, 2.24) is 15.0 Å². The number of piperidine rings is 1. The van der Waals surface area contributed by atoms with E-state index in [9.17, 15) is 4.79 Å². The average Bonchev–Trinajstić information content (AvgIpc) is 3.04. The summed E-state index contributed by atoms with van der Waals surface area (Å²) in [6, 6.07) is 0. The van der Waals surface area contributed by atoms with Crippen molar-refractivity contribution < 1.29 is 9.32 Å². The highest BCUT2D eigenvalue weighted by Crippen LogP contribution is 2.31. The van der Waals surface area contributed by atoms with Crippen molar-refractivity contribution in [2.75, 3.05) is 13.1 Å². The number of hydrogen-bond donors (Lipinski definition) is 0. The number of carbonyl (C=O) groups excluding carboxylic acids is 1. The number of hydrogen-bond acceptors (Lipinski definition) is 5. The van der Waals surface area contributed by atoms with Gasteiger partial charge in [0.2, 0.25) is 5.91 Å². The molecule has 2 aromatic rings. The van der Waals surface area contributed by atoms with Gasteiger partial charge in [-0.05, 0) is 40.5 Å². The van der Waals surface area contributed by atoms with Gasteiger partial charge in [-0.3, -0.25) is 4.79 Å². The fourth-order valence-corrected chi connectivity index (χ4v) is 4.14. The fraction of sp³-hybridized carbons (Fsp3) is 0.588. The molecule has 23 heavy (non-hydrogen) atoms. The summed E-state index contributed by atoms with van der Waals surface area (Å²) in [4.78, 5) is 20.6. The van der Waals surface area contributed by atoms with Crippen LogP contribution in [-0.4, -0.2) is 34.0 Å². The Balaban J connectivity index is 1.69. The Morgan fingerprint density at radius 1 is 1.30 bits per heavy atom. The molecule has 1 aliphatic heterocycles. The van der Waals surface area contributed by atoms with Crippen molar-refractivity contribution in [1.29, 1.82) is 0 Å². The van der Waals surface area contributed by atoms with Crippen LogP contribution in [0.2, 0.25) is 0 Å². The molecule has 0 unspecified atom stereocenters. The van der Waals surface area contributed by atoms with E-state index in [-0.39, 0.29) is 5.91 Å². The zero-order valence-corrected chi connectivity index (χ0v) is 15.0. The summed E-state index contributed by atoms with van der Waals surface area (Å²) in [5, 5.41) is 5.11. The van der Waals surface area contributed by atoms with Crippen LogP contribution >= 0.6 is 11.3 Å². The van der Waals surface area contributed by atoms with Gasteiger partial charge in [-0.1, -0.05) is 5.16 Å². The summed E-state index contributed by atoms with van der Waals surface area (Å²) in [7, 11) is 0. The van der Waals surface area contributed by atoms with Crippen molar-refractivity contribution in [3.8, 4) is 0 Å². The Kier molecular flexibility index (Phi) is 4.53. The minimum atomic E-state index is 0.161. The molecule has 2 aromatic heterocycles. The van der Waals surface area contributed by atoms with Gasteiger partial charge in [-0.15, -0.1) is 11.3 Å². The van der Waals surface area contributed by atoms with Crippen molar-refractivity contribution in [2.24, 2.45) is 0 Å². The van der Waals surface area contributed by atoms with E-state index in [4.69, 9.17) is 4.52 Å². The average molecular weight is 333 g/mol. The first-order chi connectivity index (χ1) is 11.0. The molecule has 1 aliphatic rings. The molecule has 1 atom stereocenters. The summed E-state index contributed by atoms with van der Waals surface area (Å²) < 4.78 is 5.16. The summed E-state index contributed by atoms with van der Waals surface area (Å²) in [6.07, 6.45) is 2.53. The quantitative estimate of drug-likeness (QED) is 0.864. The second-order valence-electron chi connectivity index (χ2n) is 6.35. The third-order valence-corrected chi connectivity index (χ3v) is 5.91. The lowest BCUT2D eigenvalue weighted by molar-refractivity contribution is -0.131. The van der Waals surface area contributed by atoms with E-state index in [1.54, 1.807) is 11.3 Å². The van der Waals surface area contributed by atoms with Gasteiger partial charge in [0.05, 0.1) is 22.8 Å². The predicted molar refractivity (Wildman–Crippen MR) is 89.8 cm³/mol. The van der Waals surface area contributed by atoms with Gasteiger partial charge in [0.15, 0.2) is 0 Å². The largest absolute Gasteiger partial charge is 0.361 e. The first-order valence-corrected chi connectivity index (χ1v) is 8.90. The van der Waals surface area contributed by atoms with Crippen LogP contribution in [0, 0.1) is 27.7 Å². The molecule has 1 fully saturated rings. The molecule has 3 rings (SSSR count). The number of amides is 1. The summed E-state index contributed by atoms with van der Waals surface area (Å²) in [5.74, 6) is 1.28. The van der Waals surface area contributed by atoms with Crippen LogP contribution in [0.4, 0.5) is 0 Å². The molecule has 0 N–H and O–H groups in total. The van der Waals surface area contributed by atoms with Crippen LogP contribution in [0.25, 0.3) is 0 Å². The van der Waals surface area contributed by atoms with Crippen LogP contribution in [0.3, 0.4) is 0 Å². The Morgan fingerprint density at radius 3 is 2.70 bits per heavy atom. The zero-order valence-electron chi connectivity index (χ0n) is 14.2. The Bertz CT molecular complexity index is 680. The number of aryl methyl sites for hydroxylation is 4. The molecule has 3 heterocycles. The van der Waals surface area contributed by atoms with Gasteiger partial charge in [-0.2, -0.15) is 0 Å². The van der Waals surface area contributed by atoms with Crippen molar-refractivity contribution >= 4 is 17.2 Å². The zero-order chi connectivity index (χ0) is 16.6. The first kappa shape index (κ1) is 16.2. The molecule has 1 amide bonds. The number of carbonyl (C=O) groups is 1. The van der Waals surface area contributed by atoms with Crippen LogP contribution < -0.4 is 0 Å². The first-order valence-electron chi connectivity index (χ1n) is 8.09. The van der Waals surface area contributed by atoms with Crippen LogP contribution in [0.15, 0.2) is 4.52 Å². The lowest BCUT2D eigenvalue weighted by atomic mass is 9.98. The van der Waals surface area contributed by atoms with E-state index < -0.39 is 0 Å². The molecule has 0 saturated carbocycles. The number of thiazole rings is 1. The van der Waals surface area contributed by atoms with Crippen molar-refractivity contribution in [2.45, 2.75) is 52.9 Å². The summed E-state index contributed by atoms with van der Waals surface area (Å²) in [6.45, 7) is 9.52. The standard InChI is InChI=1S/C17H23N3O2S/c1-10-13(4)23-17(18-10)14-6-5-7-20(9-14)16(21)8-15-11(2)19-22-12(15)3/h14H,5-9H2,1-4H3/t14-/m1/s1. The predicted octanol–water partition coefficient (Wildman–Crippen LogP) is 3.31. The number of aromatic nitrogens is 2. The molecule has 0 aromatic carbocycles. The molecule has 124 valence electrons. The molecule has 0 bridgehead atoms. The smallest absolute Gasteiger partial charge is 0.227 e. The van der Waals surface area contributed by atoms with E-state index in [0.29, 0.717) is 12.3 Å². The van der Waals surface area contributed by atoms with Gasteiger partial charge >= 0.3 is 0 Å². The molecular weight excluding hydrogens is 310 g/mol. The Morgan fingerprint density at radius 2 is 2.09 bits per heavy atom. The monoisotopic (exact) mass is 333 g/mol. The van der Waals surface area contributed by atoms with Crippen LogP contribution in [0.5, 0.6) is 0 Å². The summed E-state index contributed by atoms with van der Waals surface area (Å²) >= 11 is 1.77. The maximum Gasteiger partial charge on any atom is 0.227 e. The van der Waals surface area contributed by atoms with E-state index in [1.807, 2.05) is 18.7 Å². The minimum absolute atomic E-state index is 0.161. The maximum atomic E-state index is 12.7. The molecule has 0 radical (unpaired) electrons. The molecule has 0 spiro atoms. The highest BCUT2D eigenvalue weighted by atomic mass is 32.1. The lowest BCUT2D eigenvalue weighted by Gasteiger charge is -2.32. The third kappa shape index (κ3) is 3.32. The SMILES string of the molecule is Cc1nc([C@@H]2CCCN(C(=O)Cc3c(C)noc3C)C2)sc1C. The van der Waals surface area contributed by atoms with Crippen molar-refractivity contribution in [3.05, 3.63) is 32.6 Å². The number of nitrogens with zero attached hydrogens (tertiary/aromatic N) is 3. The minimum Gasteiger partial charge on any atom is -0.361 e. The lowest BCUT2D eigenvalue weighted by Crippen LogP contribution is -2.40. The topological polar surface area (TPSA) is 59.2 Å². The van der Waals surface area contributed by atoms with Crippen LogP contribution in [0.1, 0.15) is 51.4 Å². The van der Waals surface area contributed by atoms with Gasteiger partial charge in [0, 0.05) is 29.4 Å². The van der Waals surface area contributed by atoms with E-state index in [0.717, 1.165) is 48.6 Å². The maximum absolute atomic E-state index is 12.7. The second kappa shape index (κ2) is 6.43. The fourth-order valence-electron chi connectivity index (χ4n) is 3.09. The van der Waals surface area contributed by atoms with Crippen LogP contribution in [-0.2, 0) is 11.2 Å². The highest BCUT2D eigenvalue weighted by molar-refractivity contribution is 7.11. The number of rotatable bonds is 3. The molecular formula is C17H23N3O2S. The van der Waals surface area contributed by atoms with Gasteiger partial charge in [-0.25, -0.2) is 4.98 Å². The second-order valence-corrected chi connectivity index (χ2v) is 7.59. The van der Waals surface area contributed by atoms with E-state index in [2.05, 4.69) is 24.0 Å². The van der Waals surface area contributed by atoms with E-state index >= 15 is 0 Å². The number of likely N-dealkylation sites (tertiary alicyclic amines) is 1. The van der Waals surface area contributed by atoms with Gasteiger partial charge in [0.1, 0.15) is 5.76 Å². The van der Waals surface area contributed by atoms with Crippen molar-refractivity contribution in [3.63, 3.8) is 0 Å². The van der Waals surface area contributed by atoms with Gasteiger partial charge in [0.25, 0.3) is 0 Å². The molecule has 1 saturated heterocycles. The van der Waals surface area contributed by atoms with E-state index in [1.165, 1.54) is 9.88 Å². The third-order valence-electron chi connectivity index (χ3n) is 4.68. The summed E-state index contributed by atoms with van der Waals surface area (Å²) in [5.41, 5.74) is 2.86. The molecule has 0 aliphatic carbocycles. The van der Waals surface area contributed by atoms with Gasteiger partial charge < -0.3 is 9.42 Å². The molecule has 5 nitrogen and oxygen atoms in total.